The first-order valence-corrected chi connectivity index (χ1v) is 10.6. The van der Waals surface area contributed by atoms with Gasteiger partial charge in [-0.3, -0.25) is 9.36 Å². The van der Waals surface area contributed by atoms with Gasteiger partial charge in [-0.15, -0.1) is 0 Å². The molecule has 1 atom stereocenters. The van der Waals surface area contributed by atoms with Crippen LogP contribution in [0.3, 0.4) is 0 Å². The monoisotopic (exact) mass is 440 g/mol. The van der Waals surface area contributed by atoms with Crippen LogP contribution < -0.4 is 20.1 Å². The van der Waals surface area contributed by atoms with Gasteiger partial charge in [0, 0.05) is 11.4 Å². The lowest BCUT2D eigenvalue weighted by molar-refractivity contribution is -0.113. The van der Waals surface area contributed by atoms with Gasteiger partial charge in [-0.05, 0) is 48.9 Å². The summed E-state index contributed by atoms with van der Waals surface area (Å²) in [6.45, 7) is 1.90. The van der Waals surface area contributed by atoms with Gasteiger partial charge in [-0.1, -0.05) is 36.4 Å². The summed E-state index contributed by atoms with van der Waals surface area (Å²) in [5, 5.41) is 6.37. The van der Waals surface area contributed by atoms with Crippen LogP contribution in [0.4, 0.5) is 11.6 Å². The van der Waals surface area contributed by atoms with Crippen LogP contribution >= 0.6 is 0 Å². The van der Waals surface area contributed by atoms with Gasteiger partial charge in [0.05, 0.1) is 36.9 Å². The number of methoxy groups -OCH3 is 2. The summed E-state index contributed by atoms with van der Waals surface area (Å²) in [5.74, 6) is 1.72. The summed E-state index contributed by atoms with van der Waals surface area (Å²) in [6, 6.07) is 22.6. The number of allylic oxidation sites excluding steroid dienone is 1. The number of rotatable bonds is 5. The molecule has 0 radical (unpaired) electrons. The van der Waals surface area contributed by atoms with E-state index in [9.17, 15) is 4.79 Å². The lowest BCUT2D eigenvalue weighted by Gasteiger charge is -2.31. The highest BCUT2D eigenvalue weighted by Gasteiger charge is 2.34. The van der Waals surface area contributed by atoms with Crippen molar-refractivity contribution in [3.8, 4) is 11.5 Å². The van der Waals surface area contributed by atoms with E-state index in [1.54, 1.807) is 14.2 Å². The fourth-order valence-corrected chi connectivity index (χ4v) is 4.32. The Balaban J connectivity index is 1.69. The molecule has 7 nitrogen and oxygen atoms in total. The second-order valence-corrected chi connectivity index (χ2v) is 7.79. The molecule has 0 saturated heterocycles. The van der Waals surface area contributed by atoms with Crippen molar-refractivity contribution in [1.82, 2.24) is 9.55 Å². The third-order valence-electron chi connectivity index (χ3n) is 5.83. The molecule has 2 N–H and O–H groups in total. The zero-order valence-corrected chi connectivity index (χ0v) is 18.6. The maximum atomic E-state index is 13.6. The Labute approximate surface area is 191 Å². The molecular formula is C26H24N4O3. The van der Waals surface area contributed by atoms with Crippen molar-refractivity contribution in [1.29, 1.82) is 0 Å². The summed E-state index contributed by atoms with van der Waals surface area (Å²) in [4.78, 5) is 18.4. The number of anilines is 2. The highest BCUT2D eigenvalue weighted by molar-refractivity contribution is 6.06. The summed E-state index contributed by atoms with van der Waals surface area (Å²) in [6.07, 6.45) is 0. The molecule has 1 aliphatic heterocycles. The maximum Gasteiger partial charge on any atom is 0.255 e. The van der Waals surface area contributed by atoms with Gasteiger partial charge >= 0.3 is 0 Å². The minimum Gasteiger partial charge on any atom is -0.493 e. The first-order chi connectivity index (χ1) is 16.1. The number of imidazole rings is 1. The lowest BCUT2D eigenvalue weighted by atomic mass is 9.94. The van der Waals surface area contributed by atoms with E-state index < -0.39 is 6.04 Å². The second kappa shape index (κ2) is 8.35. The third kappa shape index (κ3) is 3.57. The molecule has 0 saturated carbocycles. The molecular weight excluding hydrogens is 416 g/mol. The van der Waals surface area contributed by atoms with Crippen LogP contribution in [0.5, 0.6) is 11.5 Å². The van der Waals surface area contributed by atoms with Crippen LogP contribution in [0.1, 0.15) is 18.5 Å². The van der Waals surface area contributed by atoms with Gasteiger partial charge in [0.1, 0.15) is 0 Å². The van der Waals surface area contributed by atoms with E-state index in [2.05, 4.69) is 15.2 Å². The van der Waals surface area contributed by atoms with Crippen LogP contribution in [-0.4, -0.2) is 29.7 Å². The molecule has 0 bridgehead atoms. The predicted octanol–water partition coefficient (Wildman–Crippen LogP) is 4.98. The number of nitrogens with one attached hydrogen (secondary N) is 2. The minimum absolute atomic E-state index is 0.186. The van der Waals surface area contributed by atoms with E-state index in [0.29, 0.717) is 23.0 Å². The molecule has 7 heteroatoms. The first-order valence-electron chi connectivity index (χ1n) is 10.6. The van der Waals surface area contributed by atoms with Crippen molar-refractivity contribution < 1.29 is 14.3 Å². The number of fused-ring (bicyclic) bond motifs is 3. The number of para-hydroxylation sites is 3. The summed E-state index contributed by atoms with van der Waals surface area (Å²) < 4.78 is 13.0. The molecule has 166 valence electrons. The van der Waals surface area contributed by atoms with Crippen LogP contribution in [-0.2, 0) is 4.79 Å². The zero-order valence-electron chi connectivity index (χ0n) is 18.6. The number of ether oxygens (including phenoxy) is 2. The zero-order chi connectivity index (χ0) is 22.9. The van der Waals surface area contributed by atoms with Gasteiger partial charge in [0.2, 0.25) is 5.95 Å². The lowest BCUT2D eigenvalue weighted by Crippen LogP contribution is -2.31. The standard InChI is InChI=1S/C26H24N4O3/c1-16-23(25(31)28-18-9-5-4-6-10-18)24(17-13-14-21(32-2)22(15-17)33-3)30-20-12-8-7-11-19(20)29-26(30)27-16/h4-15,24H,1-3H3,(H,27,29)(H,28,31)/t24-/m0/s1. The SMILES string of the molecule is COc1ccc([C@H]2C(C(=O)Nc3ccccc3)=C(C)Nc3nc4ccccc4n32)cc1OC. The van der Waals surface area contributed by atoms with Crippen LogP contribution in [0.2, 0.25) is 0 Å². The highest BCUT2D eigenvalue weighted by atomic mass is 16.5. The minimum atomic E-state index is -0.419. The van der Waals surface area contributed by atoms with Crippen molar-refractivity contribution in [2.75, 3.05) is 24.9 Å². The number of nitrogens with zero attached hydrogens (tertiary/aromatic N) is 2. The Bertz CT molecular complexity index is 1380. The molecule has 3 aromatic carbocycles. The molecule has 0 spiro atoms. The van der Waals surface area contributed by atoms with Crippen LogP contribution in [0, 0.1) is 0 Å². The van der Waals surface area contributed by atoms with E-state index >= 15 is 0 Å². The van der Waals surface area contributed by atoms with E-state index in [4.69, 9.17) is 14.5 Å². The smallest absolute Gasteiger partial charge is 0.255 e. The molecule has 2 heterocycles. The third-order valence-corrected chi connectivity index (χ3v) is 5.83. The van der Waals surface area contributed by atoms with Crippen LogP contribution in [0.25, 0.3) is 11.0 Å². The molecule has 1 aromatic heterocycles. The van der Waals surface area contributed by atoms with Crippen molar-refractivity contribution in [3.63, 3.8) is 0 Å². The van der Waals surface area contributed by atoms with Gasteiger partial charge in [0.25, 0.3) is 5.91 Å². The molecule has 1 aliphatic rings. The molecule has 0 fully saturated rings. The number of hydrogen-bond donors (Lipinski definition) is 2. The van der Waals surface area contributed by atoms with Gasteiger partial charge in [-0.25, -0.2) is 4.98 Å². The molecule has 1 amide bonds. The molecule has 0 unspecified atom stereocenters. The molecule has 0 aliphatic carbocycles. The second-order valence-electron chi connectivity index (χ2n) is 7.79. The average Bonchev–Trinajstić information content (AvgIpc) is 3.21. The summed E-state index contributed by atoms with van der Waals surface area (Å²) in [7, 11) is 3.21. The Morgan fingerprint density at radius 1 is 0.970 bits per heavy atom. The Kier molecular flexibility index (Phi) is 5.22. The highest BCUT2D eigenvalue weighted by Crippen LogP contribution is 2.41. The fraction of sp³-hybridized carbons (Fsp3) is 0.154. The largest absolute Gasteiger partial charge is 0.493 e. The van der Waals surface area contributed by atoms with Crippen molar-refractivity contribution >= 4 is 28.6 Å². The van der Waals surface area contributed by atoms with Gasteiger partial charge in [0.15, 0.2) is 11.5 Å². The van der Waals surface area contributed by atoms with Gasteiger partial charge in [-0.2, -0.15) is 0 Å². The predicted molar refractivity (Wildman–Crippen MR) is 129 cm³/mol. The van der Waals surface area contributed by atoms with E-state index in [-0.39, 0.29) is 5.91 Å². The number of hydrogen-bond acceptors (Lipinski definition) is 5. The Morgan fingerprint density at radius 2 is 1.70 bits per heavy atom. The normalized spacial score (nSPS) is 15.1. The van der Waals surface area contributed by atoms with E-state index in [0.717, 1.165) is 28.0 Å². The van der Waals surface area contributed by atoms with E-state index in [1.165, 1.54) is 0 Å². The van der Waals surface area contributed by atoms with E-state index in [1.807, 2.05) is 79.7 Å². The average molecular weight is 441 g/mol. The van der Waals surface area contributed by atoms with Crippen molar-refractivity contribution in [3.05, 3.63) is 89.6 Å². The Hall–Kier alpha value is -4.26. The topological polar surface area (TPSA) is 77.4 Å². The summed E-state index contributed by atoms with van der Waals surface area (Å²) in [5.41, 5.74) is 4.74. The number of benzene rings is 3. The van der Waals surface area contributed by atoms with Crippen molar-refractivity contribution in [2.45, 2.75) is 13.0 Å². The van der Waals surface area contributed by atoms with Crippen molar-refractivity contribution in [2.24, 2.45) is 0 Å². The van der Waals surface area contributed by atoms with Gasteiger partial charge < -0.3 is 20.1 Å². The maximum absolute atomic E-state index is 13.6. The number of aromatic nitrogens is 2. The number of carbonyl (C=O) groups excluding carboxylic acids is 1. The summed E-state index contributed by atoms with van der Waals surface area (Å²) >= 11 is 0. The molecule has 4 aromatic rings. The van der Waals surface area contributed by atoms with Crippen LogP contribution in [0.15, 0.2) is 84.1 Å². The first kappa shape index (κ1) is 20.6. The fourth-order valence-electron chi connectivity index (χ4n) is 4.32. The Morgan fingerprint density at radius 3 is 2.45 bits per heavy atom. The quantitative estimate of drug-likeness (QED) is 0.458. The molecule has 5 rings (SSSR count). The number of amides is 1. The molecule has 33 heavy (non-hydrogen) atoms. The number of carbonyl (C=O) groups is 1.